The van der Waals surface area contributed by atoms with Crippen LogP contribution in [0, 0.1) is 17.2 Å². The normalized spacial score (nSPS) is 22.0. The van der Waals surface area contributed by atoms with E-state index in [0.717, 1.165) is 31.2 Å². The van der Waals surface area contributed by atoms with Crippen molar-refractivity contribution >= 4 is 17.5 Å². The molecule has 26 heavy (non-hydrogen) atoms. The molecule has 0 aliphatic heterocycles. The van der Waals surface area contributed by atoms with E-state index in [0.29, 0.717) is 11.6 Å². The molecule has 10 heteroatoms. The summed E-state index contributed by atoms with van der Waals surface area (Å²) in [6, 6.07) is 2.29. The Balaban J connectivity index is 1.62. The summed E-state index contributed by atoms with van der Waals surface area (Å²) in [6.07, 6.45) is 0.827. The summed E-state index contributed by atoms with van der Waals surface area (Å²) in [5.41, 5.74) is 0.611. The molecule has 0 saturated heterocycles. The summed E-state index contributed by atoms with van der Waals surface area (Å²) in [7, 11) is 1.38. The molecule has 0 amide bonds. The fourth-order valence-electron chi connectivity index (χ4n) is 2.90. The highest BCUT2D eigenvalue weighted by Crippen LogP contribution is 2.47. The van der Waals surface area contributed by atoms with Crippen LogP contribution in [0.1, 0.15) is 42.5 Å². The Hall–Kier alpha value is -2.83. The molecule has 2 heterocycles. The van der Waals surface area contributed by atoms with Crippen molar-refractivity contribution in [2.75, 3.05) is 17.7 Å². The summed E-state index contributed by atoms with van der Waals surface area (Å²) in [5.74, 6) is 0.0720. The highest BCUT2D eigenvalue weighted by atomic mass is 19.4. The highest BCUT2D eigenvalue weighted by molar-refractivity contribution is 5.59. The van der Waals surface area contributed by atoms with Crippen LogP contribution in [-0.2, 0) is 6.18 Å². The molecule has 2 aromatic rings. The van der Waals surface area contributed by atoms with Gasteiger partial charge in [0.25, 0.3) is 0 Å². The third-order valence-electron chi connectivity index (χ3n) is 4.56. The Morgan fingerprint density at radius 3 is 2.69 bits per heavy atom. The van der Waals surface area contributed by atoms with Gasteiger partial charge in [-0.25, -0.2) is 4.98 Å². The van der Waals surface area contributed by atoms with Gasteiger partial charge in [0.15, 0.2) is 0 Å². The summed E-state index contributed by atoms with van der Waals surface area (Å²) < 4.78 is 40.7. The lowest BCUT2D eigenvalue weighted by atomic mass is 10.2. The van der Waals surface area contributed by atoms with Crippen molar-refractivity contribution in [3.63, 3.8) is 0 Å². The molecule has 2 aromatic heterocycles. The maximum Gasteiger partial charge on any atom is 0.421 e. The molecule has 0 bridgehead atoms. The number of rotatable bonds is 5. The second-order valence-corrected chi connectivity index (χ2v) is 6.55. The third kappa shape index (κ3) is 3.05. The van der Waals surface area contributed by atoms with Gasteiger partial charge in [-0.05, 0) is 19.3 Å². The lowest BCUT2D eigenvalue weighted by Gasteiger charge is -2.12. The van der Waals surface area contributed by atoms with E-state index < -0.39 is 11.7 Å². The molecule has 136 valence electrons. The number of nitriles is 1. The van der Waals surface area contributed by atoms with Crippen LogP contribution >= 0.6 is 0 Å². The van der Waals surface area contributed by atoms with E-state index in [1.807, 2.05) is 0 Å². The van der Waals surface area contributed by atoms with Crippen LogP contribution in [0.15, 0.2) is 12.4 Å². The molecule has 2 aliphatic carbocycles. The van der Waals surface area contributed by atoms with Crippen molar-refractivity contribution in [3.8, 4) is 6.07 Å². The van der Waals surface area contributed by atoms with Crippen molar-refractivity contribution in [3.05, 3.63) is 23.7 Å². The molecule has 2 atom stereocenters. The standard InChI is InChI=1S/C16H16F3N7/c1-21-14-10(16(17,18)19)6-22-15(24-14)23-11-7-26(12-4-9(12)5-20)25-13(11)8-2-3-8/h6-9,12H,2-4H2,1H3,(H2,21,22,23,24)/t9-,12-/m0/s1. The second kappa shape index (κ2) is 5.86. The molecule has 0 spiro atoms. The Bertz CT molecular complexity index is 879. The quantitative estimate of drug-likeness (QED) is 0.846. The van der Waals surface area contributed by atoms with Crippen LogP contribution in [0.5, 0.6) is 0 Å². The fraction of sp³-hybridized carbons (Fsp3) is 0.500. The highest BCUT2D eigenvalue weighted by Gasteiger charge is 2.41. The zero-order valence-electron chi connectivity index (χ0n) is 13.9. The van der Waals surface area contributed by atoms with Crippen molar-refractivity contribution in [2.45, 2.75) is 37.4 Å². The van der Waals surface area contributed by atoms with E-state index in [9.17, 15) is 13.2 Å². The number of hydrogen-bond donors (Lipinski definition) is 2. The molecular weight excluding hydrogens is 347 g/mol. The second-order valence-electron chi connectivity index (χ2n) is 6.55. The van der Waals surface area contributed by atoms with Gasteiger partial charge >= 0.3 is 6.18 Å². The van der Waals surface area contributed by atoms with E-state index in [-0.39, 0.29) is 23.7 Å². The maximum atomic E-state index is 13.0. The predicted molar refractivity (Wildman–Crippen MR) is 86.8 cm³/mol. The van der Waals surface area contributed by atoms with Crippen LogP contribution in [-0.4, -0.2) is 26.8 Å². The lowest BCUT2D eigenvalue weighted by molar-refractivity contribution is -0.137. The Morgan fingerprint density at radius 1 is 1.35 bits per heavy atom. The van der Waals surface area contributed by atoms with Gasteiger partial charge in [0.05, 0.1) is 29.4 Å². The Kier molecular flexibility index (Phi) is 3.75. The molecule has 2 N–H and O–H groups in total. The van der Waals surface area contributed by atoms with Crippen molar-refractivity contribution in [2.24, 2.45) is 5.92 Å². The number of hydrogen-bond acceptors (Lipinski definition) is 6. The van der Waals surface area contributed by atoms with Gasteiger partial charge in [-0.1, -0.05) is 0 Å². The van der Waals surface area contributed by atoms with Gasteiger partial charge in [-0.15, -0.1) is 0 Å². The van der Waals surface area contributed by atoms with Crippen LogP contribution in [0.3, 0.4) is 0 Å². The molecule has 2 fully saturated rings. The van der Waals surface area contributed by atoms with Crippen molar-refractivity contribution in [1.29, 1.82) is 5.26 Å². The largest absolute Gasteiger partial charge is 0.421 e. The zero-order chi connectivity index (χ0) is 18.5. The summed E-state index contributed by atoms with van der Waals surface area (Å²) in [4.78, 5) is 7.73. The van der Waals surface area contributed by atoms with E-state index in [4.69, 9.17) is 5.26 Å². The van der Waals surface area contributed by atoms with Crippen molar-refractivity contribution in [1.82, 2.24) is 19.7 Å². The maximum absolute atomic E-state index is 13.0. The predicted octanol–water partition coefficient (Wildman–Crippen LogP) is 3.44. The smallest absolute Gasteiger partial charge is 0.372 e. The summed E-state index contributed by atoms with van der Waals surface area (Å²) in [6.45, 7) is 0. The minimum absolute atomic E-state index is 0.0342. The third-order valence-corrected chi connectivity index (χ3v) is 4.56. The van der Waals surface area contributed by atoms with Crippen molar-refractivity contribution < 1.29 is 13.2 Å². The molecule has 0 unspecified atom stereocenters. The topological polar surface area (TPSA) is 91.5 Å². The number of anilines is 3. The van der Waals surface area contributed by atoms with E-state index in [1.165, 1.54) is 7.05 Å². The Labute approximate surface area is 147 Å². The average molecular weight is 363 g/mol. The van der Waals surface area contributed by atoms with E-state index in [2.05, 4.69) is 31.8 Å². The zero-order valence-corrected chi connectivity index (χ0v) is 13.9. The first kappa shape index (κ1) is 16.6. The molecular formula is C16H16F3N7. The molecule has 2 aliphatic rings. The number of aromatic nitrogens is 4. The average Bonchev–Trinajstić information content (AvgIpc) is 3.52. The minimum atomic E-state index is -4.53. The first-order chi connectivity index (χ1) is 12.4. The van der Waals surface area contributed by atoms with E-state index in [1.54, 1.807) is 10.9 Å². The molecule has 0 aromatic carbocycles. The number of nitrogens with zero attached hydrogens (tertiary/aromatic N) is 5. The first-order valence-electron chi connectivity index (χ1n) is 8.28. The lowest BCUT2D eigenvalue weighted by Crippen LogP contribution is -2.12. The molecule has 0 radical (unpaired) electrons. The molecule has 2 saturated carbocycles. The monoisotopic (exact) mass is 363 g/mol. The van der Waals surface area contributed by atoms with E-state index >= 15 is 0 Å². The van der Waals surface area contributed by atoms with Gasteiger partial charge < -0.3 is 10.6 Å². The van der Waals surface area contributed by atoms with Crippen LogP contribution in [0.4, 0.5) is 30.6 Å². The Morgan fingerprint density at radius 2 is 2.12 bits per heavy atom. The number of alkyl halides is 3. The van der Waals surface area contributed by atoms with Crippen LogP contribution in [0.2, 0.25) is 0 Å². The van der Waals surface area contributed by atoms with Gasteiger partial charge in [0.2, 0.25) is 5.95 Å². The van der Waals surface area contributed by atoms with Crippen LogP contribution in [0.25, 0.3) is 0 Å². The van der Waals surface area contributed by atoms with Gasteiger partial charge in [0, 0.05) is 25.4 Å². The fourth-order valence-corrected chi connectivity index (χ4v) is 2.90. The number of nitrogens with one attached hydrogen (secondary N) is 2. The van der Waals surface area contributed by atoms with Gasteiger partial charge in [-0.2, -0.15) is 28.5 Å². The SMILES string of the molecule is CNc1nc(Nc2cn([C@H]3C[C@H]3C#N)nc2C2CC2)ncc1C(F)(F)F. The summed E-state index contributed by atoms with van der Waals surface area (Å²) in [5, 5.41) is 19.0. The minimum Gasteiger partial charge on any atom is -0.372 e. The number of halogens is 3. The molecule has 4 rings (SSSR count). The summed E-state index contributed by atoms with van der Waals surface area (Å²) >= 11 is 0. The molecule has 7 nitrogen and oxygen atoms in total. The first-order valence-corrected chi connectivity index (χ1v) is 8.28. The van der Waals surface area contributed by atoms with Gasteiger partial charge in [-0.3, -0.25) is 4.68 Å². The van der Waals surface area contributed by atoms with Gasteiger partial charge in [0.1, 0.15) is 11.4 Å². The van der Waals surface area contributed by atoms with Crippen LogP contribution < -0.4 is 10.6 Å².